The fraction of sp³-hybridized carbons (Fsp3) is 0.353. The second kappa shape index (κ2) is 5.82. The van der Waals surface area contributed by atoms with Crippen molar-refractivity contribution in [1.82, 2.24) is 9.55 Å². The van der Waals surface area contributed by atoms with Gasteiger partial charge >= 0.3 is 0 Å². The third kappa shape index (κ3) is 2.60. The van der Waals surface area contributed by atoms with Crippen molar-refractivity contribution in [1.29, 1.82) is 0 Å². The molecule has 1 aromatic carbocycles. The van der Waals surface area contributed by atoms with E-state index in [9.17, 15) is 0 Å². The number of hydrogen-bond donors (Lipinski definition) is 0. The van der Waals surface area contributed by atoms with E-state index in [-0.39, 0.29) is 11.4 Å². The quantitative estimate of drug-likeness (QED) is 0.569. The van der Waals surface area contributed by atoms with Crippen LogP contribution in [0.1, 0.15) is 42.9 Å². The van der Waals surface area contributed by atoms with Gasteiger partial charge < -0.3 is 4.57 Å². The molecule has 4 heteroatoms. The maximum atomic E-state index is 6.41. The summed E-state index contributed by atoms with van der Waals surface area (Å²) in [5.74, 6) is 1.42. The average molecular weight is 319 g/mol. The highest BCUT2D eigenvalue weighted by Gasteiger charge is 2.25. The maximum absolute atomic E-state index is 6.41. The van der Waals surface area contributed by atoms with Crippen LogP contribution in [-0.4, -0.2) is 9.55 Å². The van der Waals surface area contributed by atoms with Crippen molar-refractivity contribution in [3.63, 3.8) is 0 Å². The van der Waals surface area contributed by atoms with Crippen LogP contribution in [0.2, 0.25) is 0 Å². The van der Waals surface area contributed by atoms with Crippen molar-refractivity contribution in [2.45, 2.75) is 32.2 Å². The molecule has 3 aromatic rings. The third-order valence-electron chi connectivity index (χ3n) is 3.72. The Morgan fingerprint density at radius 2 is 1.86 bits per heavy atom. The molecule has 0 saturated carbocycles. The molecule has 0 saturated heterocycles. The number of para-hydroxylation sites is 2. The van der Waals surface area contributed by atoms with Gasteiger partial charge in [0.1, 0.15) is 5.82 Å². The normalized spacial score (nSPS) is 14.7. The van der Waals surface area contributed by atoms with E-state index in [1.807, 2.05) is 13.0 Å². The molecule has 0 radical (unpaired) electrons. The second-order valence-electron chi connectivity index (χ2n) is 5.65. The Morgan fingerprint density at radius 1 is 1.10 bits per heavy atom. The topological polar surface area (TPSA) is 17.8 Å². The van der Waals surface area contributed by atoms with Crippen LogP contribution < -0.4 is 0 Å². The van der Waals surface area contributed by atoms with Gasteiger partial charge in [-0.2, -0.15) is 0 Å². The van der Waals surface area contributed by atoms with Gasteiger partial charge in [0.25, 0.3) is 0 Å². The van der Waals surface area contributed by atoms with Crippen molar-refractivity contribution in [2.24, 2.45) is 5.92 Å². The molecular formula is C17H19ClN2S. The lowest BCUT2D eigenvalue weighted by Crippen LogP contribution is -2.18. The smallest absolute Gasteiger partial charge is 0.128 e. The first-order valence-corrected chi connectivity index (χ1v) is 8.55. The van der Waals surface area contributed by atoms with Gasteiger partial charge in [-0.3, -0.25) is 0 Å². The zero-order chi connectivity index (χ0) is 15.0. The first-order chi connectivity index (χ1) is 10.1. The van der Waals surface area contributed by atoms with E-state index in [1.165, 1.54) is 4.88 Å². The van der Waals surface area contributed by atoms with Crippen LogP contribution in [0.3, 0.4) is 0 Å². The molecular weight excluding hydrogens is 300 g/mol. The molecule has 0 N–H and O–H groups in total. The van der Waals surface area contributed by atoms with Crippen LogP contribution in [0.25, 0.3) is 11.0 Å². The molecule has 0 amide bonds. The van der Waals surface area contributed by atoms with E-state index in [0.717, 1.165) is 16.9 Å². The van der Waals surface area contributed by atoms with Gasteiger partial charge in [0, 0.05) is 4.88 Å². The Kier molecular flexibility index (Phi) is 4.05. The average Bonchev–Trinajstić information content (AvgIpc) is 3.07. The monoisotopic (exact) mass is 318 g/mol. The minimum Gasteiger partial charge on any atom is -0.318 e. The number of rotatable bonds is 4. The van der Waals surface area contributed by atoms with Gasteiger partial charge in [-0.1, -0.05) is 32.0 Å². The van der Waals surface area contributed by atoms with E-state index < -0.39 is 0 Å². The summed E-state index contributed by atoms with van der Waals surface area (Å²) >= 11 is 8.20. The van der Waals surface area contributed by atoms with Crippen molar-refractivity contribution < 1.29 is 0 Å². The number of fused-ring (bicyclic) bond motifs is 1. The lowest BCUT2D eigenvalue weighted by Gasteiger charge is -2.25. The molecule has 2 atom stereocenters. The van der Waals surface area contributed by atoms with Gasteiger partial charge in [0.15, 0.2) is 0 Å². The predicted molar refractivity (Wildman–Crippen MR) is 91.3 cm³/mol. The highest BCUT2D eigenvalue weighted by Crippen LogP contribution is 2.36. The SMILES string of the molecule is CC(Cl)c1nc2ccccc2n1C(c1cccs1)C(C)C. The van der Waals surface area contributed by atoms with E-state index in [1.54, 1.807) is 11.3 Å². The Balaban J connectivity index is 2.28. The summed E-state index contributed by atoms with van der Waals surface area (Å²) in [7, 11) is 0. The summed E-state index contributed by atoms with van der Waals surface area (Å²) in [5, 5.41) is 2.02. The Hall–Kier alpha value is -1.32. The largest absolute Gasteiger partial charge is 0.318 e. The Labute approximate surface area is 134 Å². The van der Waals surface area contributed by atoms with Crippen molar-refractivity contribution in [2.75, 3.05) is 0 Å². The number of alkyl halides is 1. The number of benzene rings is 1. The Morgan fingerprint density at radius 3 is 2.48 bits per heavy atom. The third-order valence-corrected chi connectivity index (χ3v) is 4.86. The fourth-order valence-corrected chi connectivity index (χ4v) is 3.99. The maximum Gasteiger partial charge on any atom is 0.128 e. The molecule has 0 aliphatic carbocycles. The minimum absolute atomic E-state index is 0.112. The molecule has 2 aromatic heterocycles. The number of imidazole rings is 1. The van der Waals surface area contributed by atoms with E-state index >= 15 is 0 Å². The summed E-state index contributed by atoms with van der Waals surface area (Å²) in [6, 6.07) is 12.9. The summed E-state index contributed by atoms with van der Waals surface area (Å²) in [5.41, 5.74) is 2.18. The molecule has 0 bridgehead atoms. The van der Waals surface area contributed by atoms with Gasteiger partial charge in [0.05, 0.1) is 22.5 Å². The fourth-order valence-electron chi connectivity index (χ4n) is 2.85. The van der Waals surface area contributed by atoms with Crippen molar-refractivity contribution in [3.8, 4) is 0 Å². The minimum atomic E-state index is -0.112. The first kappa shape index (κ1) is 14.6. The molecule has 3 rings (SSSR count). The van der Waals surface area contributed by atoms with Crippen LogP contribution in [0.15, 0.2) is 41.8 Å². The van der Waals surface area contributed by atoms with Gasteiger partial charge in [0.2, 0.25) is 0 Å². The number of aromatic nitrogens is 2. The van der Waals surface area contributed by atoms with Crippen LogP contribution in [-0.2, 0) is 0 Å². The predicted octanol–water partition coefficient (Wildman–Crippen LogP) is 5.64. The highest BCUT2D eigenvalue weighted by molar-refractivity contribution is 7.10. The van der Waals surface area contributed by atoms with E-state index in [0.29, 0.717) is 5.92 Å². The van der Waals surface area contributed by atoms with Gasteiger partial charge in [-0.15, -0.1) is 22.9 Å². The molecule has 0 aliphatic heterocycles. The lowest BCUT2D eigenvalue weighted by atomic mass is 10.0. The molecule has 0 fully saturated rings. The summed E-state index contributed by atoms with van der Waals surface area (Å²) < 4.78 is 2.32. The number of halogens is 1. The molecule has 0 aliphatic rings. The zero-order valence-electron chi connectivity index (χ0n) is 12.5. The van der Waals surface area contributed by atoms with E-state index in [4.69, 9.17) is 16.6 Å². The molecule has 2 nitrogen and oxygen atoms in total. The van der Waals surface area contributed by atoms with Gasteiger partial charge in [-0.25, -0.2) is 4.98 Å². The molecule has 0 spiro atoms. The summed E-state index contributed by atoms with van der Waals surface area (Å²) in [4.78, 5) is 6.11. The van der Waals surface area contributed by atoms with Crippen LogP contribution in [0.5, 0.6) is 0 Å². The standard InChI is InChI=1S/C17H19ClN2S/c1-11(2)16(15-9-6-10-21-15)20-14-8-5-4-7-13(14)19-17(20)12(3)18/h4-12,16H,1-3H3. The molecule has 2 unspecified atom stereocenters. The first-order valence-electron chi connectivity index (χ1n) is 7.24. The molecule has 110 valence electrons. The van der Waals surface area contributed by atoms with Crippen LogP contribution in [0, 0.1) is 5.92 Å². The Bertz CT molecular complexity index is 728. The zero-order valence-corrected chi connectivity index (χ0v) is 14.0. The van der Waals surface area contributed by atoms with Crippen molar-refractivity contribution >= 4 is 34.0 Å². The number of nitrogens with zero attached hydrogens (tertiary/aromatic N) is 2. The summed E-state index contributed by atoms with van der Waals surface area (Å²) in [6.45, 7) is 6.49. The second-order valence-corrected chi connectivity index (χ2v) is 7.28. The van der Waals surface area contributed by atoms with Gasteiger partial charge in [-0.05, 0) is 36.4 Å². The summed E-state index contributed by atoms with van der Waals surface area (Å²) in [6.07, 6.45) is 0. The van der Waals surface area contributed by atoms with E-state index in [2.05, 4.69) is 54.1 Å². The molecule has 2 heterocycles. The van der Waals surface area contributed by atoms with Crippen molar-refractivity contribution in [3.05, 3.63) is 52.5 Å². The number of thiophene rings is 1. The number of hydrogen-bond acceptors (Lipinski definition) is 2. The van der Waals surface area contributed by atoms with Crippen LogP contribution >= 0.6 is 22.9 Å². The highest BCUT2D eigenvalue weighted by atomic mass is 35.5. The lowest BCUT2D eigenvalue weighted by molar-refractivity contribution is 0.440. The van der Waals surface area contributed by atoms with Crippen LogP contribution in [0.4, 0.5) is 0 Å². The molecule has 21 heavy (non-hydrogen) atoms.